The molecular weight excluding hydrogens is 574 g/mol. The molecule has 45 heavy (non-hydrogen) atoms. The molecular formula is C34H49N5O6. The summed E-state index contributed by atoms with van der Waals surface area (Å²) in [6, 6.07) is 8.08. The first-order valence-electron chi connectivity index (χ1n) is 15.9. The van der Waals surface area contributed by atoms with Gasteiger partial charge in [0.2, 0.25) is 11.8 Å². The number of nitrogens with one attached hydrogen (secondary N) is 3. The molecule has 11 nitrogen and oxygen atoms in total. The van der Waals surface area contributed by atoms with Gasteiger partial charge in [-0.2, -0.15) is 0 Å². The van der Waals surface area contributed by atoms with Gasteiger partial charge in [-0.25, -0.2) is 9.78 Å². The Bertz CT molecular complexity index is 1230. The number of amides is 2. The molecule has 2 aromatic rings. The first-order valence-corrected chi connectivity index (χ1v) is 15.9. The number of aliphatic hydroxyl groups excluding tert-OH is 2. The van der Waals surface area contributed by atoms with Crippen LogP contribution in [0.4, 0.5) is 0 Å². The van der Waals surface area contributed by atoms with Gasteiger partial charge in [-0.3, -0.25) is 9.59 Å². The number of rotatable bonds is 18. The molecule has 1 aliphatic carbocycles. The van der Waals surface area contributed by atoms with Crippen LogP contribution in [0.3, 0.4) is 0 Å². The van der Waals surface area contributed by atoms with Gasteiger partial charge in [0.1, 0.15) is 12.1 Å². The number of allylic oxidation sites excluding steroid dienone is 2. The highest BCUT2D eigenvalue weighted by Crippen LogP contribution is 2.38. The Morgan fingerprint density at radius 2 is 2.00 bits per heavy atom. The van der Waals surface area contributed by atoms with Crippen molar-refractivity contribution in [2.75, 3.05) is 6.54 Å². The van der Waals surface area contributed by atoms with Gasteiger partial charge in [0, 0.05) is 43.6 Å². The van der Waals surface area contributed by atoms with Gasteiger partial charge in [-0.1, -0.05) is 54.6 Å². The Labute approximate surface area is 265 Å². The highest BCUT2D eigenvalue weighted by Gasteiger charge is 2.43. The van der Waals surface area contributed by atoms with Crippen LogP contribution < -0.4 is 16.4 Å². The molecule has 7 atom stereocenters. The number of aromatic nitrogens is 2. The van der Waals surface area contributed by atoms with Crippen LogP contribution in [0, 0.1) is 11.8 Å². The van der Waals surface area contributed by atoms with Crippen molar-refractivity contribution in [3.05, 3.63) is 78.4 Å². The van der Waals surface area contributed by atoms with E-state index in [1.165, 1.54) is 13.3 Å². The fourth-order valence-electron chi connectivity index (χ4n) is 5.50. The number of esters is 1. The summed E-state index contributed by atoms with van der Waals surface area (Å²) in [5, 5.41) is 27.3. The predicted octanol–water partition coefficient (Wildman–Crippen LogP) is 2.50. The summed E-state index contributed by atoms with van der Waals surface area (Å²) in [5.41, 5.74) is 7.50. The average Bonchev–Trinajstić information content (AvgIpc) is 3.63. The molecule has 1 aromatic heterocycles. The van der Waals surface area contributed by atoms with Crippen molar-refractivity contribution in [3.63, 3.8) is 0 Å². The number of unbranched alkanes of at least 4 members (excludes halogenated alkanes) is 1. The molecule has 11 heteroatoms. The zero-order valence-electron chi connectivity index (χ0n) is 26.3. The summed E-state index contributed by atoms with van der Waals surface area (Å²) in [6.07, 6.45) is 12.5. The Hall–Kier alpha value is -3.80. The quantitative estimate of drug-likeness (QED) is 0.0833. The number of ether oxygens (including phenoxy) is 1. The Kier molecular flexibility index (Phi) is 15.0. The summed E-state index contributed by atoms with van der Waals surface area (Å²) in [7, 11) is 0. The summed E-state index contributed by atoms with van der Waals surface area (Å²) >= 11 is 0. The monoisotopic (exact) mass is 623 g/mol. The Balaban J connectivity index is 1.71. The van der Waals surface area contributed by atoms with Crippen LogP contribution in [-0.4, -0.2) is 74.9 Å². The van der Waals surface area contributed by atoms with E-state index in [1.54, 1.807) is 12.3 Å². The molecule has 0 radical (unpaired) electrons. The van der Waals surface area contributed by atoms with Crippen molar-refractivity contribution in [1.29, 1.82) is 0 Å². The molecule has 3 rings (SSSR count). The topological polar surface area (TPSA) is 180 Å². The fourth-order valence-corrected chi connectivity index (χ4v) is 5.50. The lowest BCUT2D eigenvalue weighted by molar-refractivity contribution is -0.154. The molecule has 1 aromatic carbocycles. The molecule has 246 valence electrons. The van der Waals surface area contributed by atoms with Gasteiger partial charge in [0.25, 0.3) is 0 Å². The summed E-state index contributed by atoms with van der Waals surface area (Å²) in [5.74, 6) is -1.73. The van der Waals surface area contributed by atoms with Crippen molar-refractivity contribution in [1.82, 2.24) is 20.6 Å². The van der Waals surface area contributed by atoms with Crippen LogP contribution in [0.25, 0.3) is 0 Å². The summed E-state index contributed by atoms with van der Waals surface area (Å²) in [6.45, 7) is 4.03. The van der Waals surface area contributed by atoms with Gasteiger partial charge in [-0.15, -0.1) is 0 Å². The van der Waals surface area contributed by atoms with Gasteiger partial charge in [0.05, 0.1) is 24.6 Å². The lowest BCUT2D eigenvalue weighted by Crippen LogP contribution is -2.49. The molecule has 0 spiro atoms. The molecule has 1 aliphatic rings. The minimum atomic E-state index is -1.01. The first-order chi connectivity index (χ1) is 21.7. The van der Waals surface area contributed by atoms with Crippen LogP contribution in [0.15, 0.2) is 67.2 Å². The smallest absolute Gasteiger partial charge is 0.329 e. The van der Waals surface area contributed by atoms with Crippen LogP contribution in [-0.2, 0) is 32.0 Å². The molecule has 2 amide bonds. The SMILES string of the molecule is CCNC(=O)CCC/C=C\C[C@@H]1[C@@H](/C=C/[C@@H](O)CCc2ccccc2)[C@H](OC(=O)C(Cc2cnc[nH]2)NC(=O)C(C)N)C[C@@H]1O. The van der Waals surface area contributed by atoms with Crippen molar-refractivity contribution < 1.29 is 29.3 Å². The number of aromatic amines is 1. The van der Waals surface area contributed by atoms with Crippen molar-refractivity contribution in [2.24, 2.45) is 17.6 Å². The number of carbonyl (C=O) groups is 3. The second-order valence-corrected chi connectivity index (χ2v) is 11.7. The molecule has 1 fully saturated rings. The predicted molar refractivity (Wildman–Crippen MR) is 172 cm³/mol. The maximum Gasteiger partial charge on any atom is 0.329 e. The van der Waals surface area contributed by atoms with Crippen LogP contribution >= 0.6 is 0 Å². The zero-order chi connectivity index (χ0) is 32.6. The number of aryl methyl sites for hydroxylation is 1. The molecule has 2 unspecified atom stereocenters. The normalized spacial score (nSPS) is 21.9. The van der Waals surface area contributed by atoms with Gasteiger partial charge in [-0.05, 0) is 57.4 Å². The van der Waals surface area contributed by atoms with Gasteiger partial charge in [0.15, 0.2) is 0 Å². The second kappa shape index (κ2) is 18.9. The summed E-state index contributed by atoms with van der Waals surface area (Å²) in [4.78, 5) is 44.5. The Morgan fingerprint density at radius 1 is 1.22 bits per heavy atom. The lowest BCUT2D eigenvalue weighted by atomic mass is 9.89. The highest BCUT2D eigenvalue weighted by molar-refractivity contribution is 5.87. The Morgan fingerprint density at radius 3 is 2.69 bits per heavy atom. The fraction of sp³-hybridized carbons (Fsp3) is 0.529. The van der Waals surface area contributed by atoms with Gasteiger partial charge >= 0.3 is 5.97 Å². The number of imidazole rings is 1. The third-order valence-electron chi connectivity index (χ3n) is 8.00. The van der Waals surface area contributed by atoms with Crippen molar-refractivity contribution >= 4 is 17.8 Å². The van der Waals surface area contributed by atoms with E-state index in [-0.39, 0.29) is 30.6 Å². The number of H-pyrrole nitrogens is 1. The van der Waals surface area contributed by atoms with Crippen molar-refractivity contribution in [3.8, 4) is 0 Å². The second-order valence-electron chi connectivity index (χ2n) is 11.7. The average molecular weight is 624 g/mol. The van der Waals surface area contributed by atoms with Crippen LogP contribution in [0.1, 0.15) is 63.6 Å². The van der Waals surface area contributed by atoms with E-state index in [0.29, 0.717) is 37.9 Å². The van der Waals surface area contributed by atoms with E-state index < -0.39 is 42.3 Å². The molecule has 0 bridgehead atoms. The molecule has 1 saturated carbocycles. The van der Waals surface area contributed by atoms with Gasteiger partial charge < -0.3 is 36.3 Å². The van der Waals surface area contributed by atoms with Crippen LogP contribution in [0.2, 0.25) is 0 Å². The van der Waals surface area contributed by atoms with E-state index in [1.807, 2.05) is 55.5 Å². The van der Waals surface area contributed by atoms with E-state index in [2.05, 4.69) is 20.6 Å². The zero-order valence-corrected chi connectivity index (χ0v) is 26.3. The molecule has 1 heterocycles. The van der Waals surface area contributed by atoms with Crippen molar-refractivity contribution in [2.45, 2.75) is 95.6 Å². The largest absolute Gasteiger partial charge is 0.460 e. The number of nitrogens with zero attached hydrogens (tertiary/aromatic N) is 1. The third kappa shape index (κ3) is 12.3. The number of nitrogens with two attached hydrogens (primary N) is 1. The maximum atomic E-state index is 13.5. The minimum absolute atomic E-state index is 0.0285. The third-order valence-corrected chi connectivity index (χ3v) is 8.00. The summed E-state index contributed by atoms with van der Waals surface area (Å²) < 4.78 is 5.98. The van der Waals surface area contributed by atoms with E-state index in [0.717, 1.165) is 18.4 Å². The number of hydrogen-bond acceptors (Lipinski definition) is 8. The number of hydrogen-bond donors (Lipinski definition) is 6. The van der Waals surface area contributed by atoms with E-state index >= 15 is 0 Å². The van der Waals surface area contributed by atoms with E-state index in [4.69, 9.17) is 10.5 Å². The number of benzene rings is 1. The molecule has 0 aliphatic heterocycles. The molecule has 0 saturated heterocycles. The standard InChI is InChI=1S/C34H49N5O6/c1-3-37-32(42)14-10-5-4-9-13-27-28(18-17-26(40)16-15-24-11-7-6-8-12-24)31(20-30(27)41)45-34(44)29(39-33(43)23(2)35)19-25-21-36-22-38-25/h4,6-9,11-12,17-18,21-23,26-31,40-41H,3,5,10,13-16,19-20,35H2,1-2H3,(H,36,38)(H,37,42)(H,39,43)/b9-4-,18-17+/t23?,26-,27+,28+,29?,30-,31+/m0/s1. The highest BCUT2D eigenvalue weighted by atomic mass is 16.5. The minimum Gasteiger partial charge on any atom is -0.460 e. The van der Waals surface area contributed by atoms with Crippen LogP contribution in [0.5, 0.6) is 0 Å². The number of carbonyl (C=O) groups excluding carboxylic acids is 3. The van der Waals surface area contributed by atoms with E-state index in [9.17, 15) is 24.6 Å². The first kappa shape index (κ1) is 35.7. The maximum absolute atomic E-state index is 13.5. The molecule has 7 N–H and O–H groups in total. The lowest BCUT2D eigenvalue weighted by Gasteiger charge is -2.25. The number of aliphatic hydroxyl groups is 2.